The molecule has 0 aliphatic rings. The molecule has 0 aromatic heterocycles. The third kappa shape index (κ3) is 9.92. The van der Waals surface area contributed by atoms with Crippen molar-refractivity contribution >= 4 is 8.56 Å². The van der Waals surface area contributed by atoms with Gasteiger partial charge in [-0.15, -0.1) is 0 Å². The fraction of sp³-hybridized carbons (Fsp3) is 1.00. The molecule has 0 aromatic rings. The van der Waals surface area contributed by atoms with Gasteiger partial charge in [0.1, 0.15) is 0 Å². The van der Waals surface area contributed by atoms with Gasteiger partial charge < -0.3 is 13.3 Å². The topological polar surface area (TPSA) is 18.5 Å². The Labute approximate surface area is 128 Å². The Hall–Kier alpha value is 0.0969. The number of unbranched alkanes of at least 4 members (excludes halogenated alkanes) is 1. The molecule has 0 amide bonds. The van der Waals surface area contributed by atoms with Gasteiger partial charge in [-0.25, -0.2) is 0 Å². The molecular weight excluding hydrogens is 266 g/mol. The van der Waals surface area contributed by atoms with Crippen LogP contribution in [0.25, 0.3) is 0 Å². The summed E-state index contributed by atoms with van der Waals surface area (Å²) in [5.74, 6) is 0. The molecule has 0 N–H and O–H groups in total. The van der Waals surface area contributed by atoms with Crippen molar-refractivity contribution in [2.45, 2.75) is 65.0 Å². The van der Waals surface area contributed by atoms with Crippen molar-refractivity contribution in [3.63, 3.8) is 0 Å². The first kappa shape index (κ1) is 20.1. The monoisotopic (exact) mass is 304 g/mol. The molecule has 0 heterocycles. The third-order valence-corrected chi connectivity index (χ3v) is 7.13. The Kier molecular flexibility index (Phi) is 10.8. The molecule has 0 aliphatic carbocycles. The van der Waals surface area contributed by atoms with E-state index in [0.717, 1.165) is 36.6 Å². The van der Waals surface area contributed by atoms with Crippen molar-refractivity contribution in [1.82, 2.24) is 0 Å². The minimum atomic E-state index is -1.97. The highest BCUT2D eigenvalue weighted by molar-refractivity contribution is 6.67. The summed E-state index contributed by atoms with van der Waals surface area (Å²) in [6.07, 6.45) is 5.86. The third-order valence-electron chi connectivity index (χ3n) is 3.44. The van der Waals surface area contributed by atoms with Crippen LogP contribution in [-0.4, -0.2) is 53.9 Å². The van der Waals surface area contributed by atoms with Gasteiger partial charge in [-0.1, -0.05) is 33.6 Å². The second kappa shape index (κ2) is 10.8. The molecule has 0 saturated carbocycles. The van der Waals surface area contributed by atoms with Crippen LogP contribution in [0.5, 0.6) is 0 Å². The smallest absolute Gasteiger partial charge is 0.338 e. The number of quaternary nitrogens is 1. The Balaban J connectivity index is 4.57. The molecule has 0 spiro atoms. The maximum Gasteiger partial charge on any atom is 0.338 e. The summed E-state index contributed by atoms with van der Waals surface area (Å²) < 4.78 is 13.6. The average molecular weight is 305 g/mol. The second-order valence-corrected chi connectivity index (χ2v) is 10.2. The van der Waals surface area contributed by atoms with E-state index in [1.807, 2.05) is 0 Å². The molecule has 0 bridgehead atoms. The number of hydrogen-bond donors (Lipinski definition) is 0. The number of nitrogens with zero attached hydrogens (tertiary/aromatic N) is 1. The molecule has 0 radical (unpaired) electrons. The van der Waals surface area contributed by atoms with Gasteiger partial charge in [0.25, 0.3) is 0 Å². The SMILES string of the molecule is CCCC[Si](CCC[N+](C)(C)C)(OCCC)OCCC. The highest BCUT2D eigenvalue weighted by Crippen LogP contribution is 2.25. The Morgan fingerprint density at radius 1 is 0.750 bits per heavy atom. The highest BCUT2D eigenvalue weighted by Gasteiger charge is 2.36. The van der Waals surface area contributed by atoms with Crippen LogP contribution in [0.15, 0.2) is 0 Å². The summed E-state index contributed by atoms with van der Waals surface area (Å²) in [7, 11) is 4.81. The van der Waals surface area contributed by atoms with Crippen LogP contribution in [-0.2, 0) is 8.85 Å². The van der Waals surface area contributed by atoms with Crippen molar-refractivity contribution in [2.75, 3.05) is 40.9 Å². The van der Waals surface area contributed by atoms with E-state index >= 15 is 0 Å². The van der Waals surface area contributed by atoms with Crippen LogP contribution in [0.2, 0.25) is 12.1 Å². The lowest BCUT2D eigenvalue weighted by molar-refractivity contribution is -0.870. The van der Waals surface area contributed by atoms with Crippen LogP contribution in [0, 0.1) is 0 Å². The summed E-state index contributed by atoms with van der Waals surface area (Å²) in [6.45, 7) is 9.56. The molecule has 0 fully saturated rings. The quantitative estimate of drug-likeness (QED) is 0.375. The van der Waals surface area contributed by atoms with Gasteiger partial charge in [-0.05, 0) is 31.4 Å². The minimum Gasteiger partial charge on any atom is -0.394 e. The molecular formula is C16H38NO2Si+. The first-order valence-electron chi connectivity index (χ1n) is 8.47. The zero-order valence-corrected chi connectivity index (χ0v) is 15.8. The van der Waals surface area contributed by atoms with Gasteiger partial charge in [-0.2, -0.15) is 0 Å². The van der Waals surface area contributed by atoms with E-state index in [1.165, 1.54) is 31.9 Å². The van der Waals surface area contributed by atoms with E-state index < -0.39 is 8.56 Å². The van der Waals surface area contributed by atoms with Crippen molar-refractivity contribution in [2.24, 2.45) is 0 Å². The lowest BCUT2D eigenvalue weighted by atomic mass is 10.4. The minimum absolute atomic E-state index is 0.865. The Bertz CT molecular complexity index is 207. The van der Waals surface area contributed by atoms with E-state index in [1.54, 1.807) is 0 Å². The molecule has 0 saturated heterocycles. The van der Waals surface area contributed by atoms with Gasteiger partial charge in [0.15, 0.2) is 0 Å². The van der Waals surface area contributed by atoms with Crippen LogP contribution >= 0.6 is 0 Å². The van der Waals surface area contributed by atoms with Gasteiger partial charge >= 0.3 is 8.56 Å². The number of hydrogen-bond acceptors (Lipinski definition) is 2. The Morgan fingerprint density at radius 3 is 1.65 bits per heavy atom. The Morgan fingerprint density at radius 2 is 1.25 bits per heavy atom. The van der Waals surface area contributed by atoms with Crippen molar-refractivity contribution in [3.05, 3.63) is 0 Å². The lowest BCUT2D eigenvalue weighted by Crippen LogP contribution is -2.44. The molecule has 0 aromatic carbocycles. The molecule has 0 atom stereocenters. The van der Waals surface area contributed by atoms with Crippen LogP contribution in [0.1, 0.15) is 52.9 Å². The second-order valence-electron chi connectivity index (χ2n) is 6.83. The van der Waals surface area contributed by atoms with E-state index in [9.17, 15) is 0 Å². The normalized spacial score (nSPS) is 12.9. The lowest BCUT2D eigenvalue weighted by Gasteiger charge is -2.32. The maximum absolute atomic E-state index is 6.31. The van der Waals surface area contributed by atoms with Crippen molar-refractivity contribution in [1.29, 1.82) is 0 Å². The summed E-state index contributed by atoms with van der Waals surface area (Å²) >= 11 is 0. The van der Waals surface area contributed by atoms with E-state index in [2.05, 4.69) is 41.9 Å². The van der Waals surface area contributed by atoms with Gasteiger partial charge in [0, 0.05) is 13.2 Å². The van der Waals surface area contributed by atoms with Crippen LogP contribution in [0.3, 0.4) is 0 Å². The van der Waals surface area contributed by atoms with Crippen LogP contribution < -0.4 is 0 Å². The fourth-order valence-electron chi connectivity index (χ4n) is 2.30. The summed E-state index contributed by atoms with van der Waals surface area (Å²) in [5, 5.41) is 0. The van der Waals surface area contributed by atoms with Gasteiger partial charge in [-0.3, -0.25) is 0 Å². The zero-order valence-electron chi connectivity index (χ0n) is 14.8. The first-order chi connectivity index (χ1) is 9.39. The van der Waals surface area contributed by atoms with Gasteiger partial charge in [0.05, 0.1) is 27.7 Å². The molecule has 0 unspecified atom stereocenters. The predicted molar refractivity (Wildman–Crippen MR) is 90.3 cm³/mol. The molecule has 0 aliphatic heterocycles. The fourth-order valence-corrected chi connectivity index (χ4v) is 5.95. The highest BCUT2D eigenvalue weighted by atomic mass is 28.4. The maximum atomic E-state index is 6.31. The summed E-state index contributed by atoms with van der Waals surface area (Å²) in [5.41, 5.74) is 0. The summed E-state index contributed by atoms with van der Waals surface area (Å²) in [4.78, 5) is 0. The van der Waals surface area contributed by atoms with Gasteiger partial charge in [0.2, 0.25) is 0 Å². The van der Waals surface area contributed by atoms with E-state index in [4.69, 9.17) is 8.85 Å². The predicted octanol–water partition coefficient (Wildman–Crippen LogP) is 4.18. The standard InChI is InChI=1S/C16H38NO2Si/c1-7-10-15-20(18-13-8-2,19-14-9-3)16-11-12-17(4,5)6/h7-16H2,1-6H3/q+1. The van der Waals surface area contributed by atoms with Crippen molar-refractivity contribution < 1.29 is 13.3 Å². The molecule has 20 heavy (non-hydrogen) atoms. The molecule has 0 rings (SSSR count). The largest absolute Gasteiger partial charge is 0.394 e. The molecule has 3 nitrogen and oxygen atoms in total. The average Bonchev–Trinajstić information content (AvgIpc) is 2.38. The molecule has 122 valence electrons. The van der Waals surface area contributed by atoms with Crippen LogP contribution in [0.4, 0.5) is 0 Å². The number of rotatable bonds is 13. The van der Waals surface area contributed by atoms with E-state index in [-0.39, 0.29) is 0 Å². The van der Waals surface area contributed by atoms with Crippen molar-refractivity contribution in [3.8, 4) is 0 Å². The zero-order chi connectivity index (χ0) is 15.5. The van der Waals surface area contributed by atoms with E-state index in [0.29, 0.717) is 0 Å². The summed E-state index contributed by atoms with van der Waals surface area (Å²) in [6, 6.07) is 2.32. The molecule has 4 heteroatoms. The first-order valence-corrected chi connectivity index (χ1v) is 10.7.